The van der Waals surface area contributed by atoms with Crippen LogP contribution in [0.15, 0.2) is 18.2 Å². The van der Waals surface area contributed by atoms with Gasteiger partial charge in [0.1, 0.15) is 6.29 Å². The van der Waals surface area contributed by atoms with Crippen molar-refractivity contribution in [1.29, 1.82) is 0 Å². The van der Waals surface area contributed by atoms with E-state index in [9.17, 15) is 4.79 Å². The number of nitrogens with zero attached hydrogens (tertiary/aromatic N) is 1. The predicted octanol–water partition coefficient (Wildman–Crippen LogP) is 4.42. The van der Waals surface area contributed by atoms with Crippen LogP contribution in [0.1, 0.15) is 43.5 Å². The van der Waals surface area contributed by atoms with Crippen LogP contribution in [0.25, 0.3) is 0 Å². The molecule has 1 aliphatic rings. The van der Waals surface area contributed by atoms with Crippen LogP contribution in [0.4, 0.5) is 5.69 Å². The Balaban J connectivity index is 2.12. The molecule has 0 N–H and O–H groups in total. The molecule has 0 spiro atoms. The molecular formula is C16H22ClNO. The van der Waals surface area contributed by atoms with Crippen molar-refractivity contribution in [3.05, 3.63) is 28.8 Å². The van der Waals surface area contributed by atoms with Gasteiger partial charge < -0.3 is 4.90 Å². The number of hydrogen-bond acceptors (Lipinski definition) is 2. The normalized spacial score (nSPS) is 20.4. The maximum Gasteiger partial charge on any atom is 0.150 e. The third-order valence-electron chi connectivity index (χ3n) is 4.16. The average Bonchev–Trinajstić information content (AvgIpc) is 2.64. The lowest BCUT2D eigenvalue weighted by Crippen LogP contribution is -2.24. The van der Waals surface area contributed by atoms with Gasteiger partial charge in [-0.2, -0.15) is 0 Å². The molecule has 0 radical (unpaired) electrons. The first-order chi connectivity index (χ1) is 9.11. The van der Waals surface area contributed by atoms with Crippen molar-refractivity contribution in [2.45, 2.75) is 33.1 Å². The molecule has 1 heterocycles. The smallest absolute Gasteiger partial charge is 0.150 e. The van der Waals surface area contributed by atoms with Gasteiger partial charge >= 0.3 is 0 Å². The minimum atomic E-state index is 0.642. The molecule has 1 fully saturated rings. The van der Waals surface area contributed by atoms with Gasteiger partial charge in [0.15, 0.2) is 0 Å². The highest BCUT2D eigenvalue weighted by Gasteiger charge is 2.20. The SMILES string of the molecule is CC(C)C1CCCN(c2ccc(C=O)cc2Cl)CC1. The zero-order valence-electron chi connectivity index (χ0n) is 11.7. The number of hydrogen-bond donors (Lipinski definition) is 0. The number of halogens is 1. The van der Waals surface area contributed by atoms with Gasteiger partial charge in [0.25, 0.3) is 0 Å². The molecule has 1 aromatic carbocycles. The first-order valence-electron chi connectivity index (χ1n) is 7.11. The Labute approximate surface area is 120 Å². The molecular weight excluding hydrogens is 258 g/mol. The van der Waals surface area contributed by atoms with E-state index < -0.39 is 0 Å². The maximum absolute atomic E-state index is 10.7. The van der Waals surface area contributed by atoms with Crippen molar-refractivity contribution in [1.82, 2.24) is 0 Å². The van der Waals surface area contributed by atoms with Gasteiger partial charge in [0.2, 0.25) is 0 Å². The van der Waals surface area contributed by atoms with Crippen molar-refractivity contribution >= 4 is 23.6 Å². The van der Waals surface area contributed by atoms with Crippen LogP contribution in [0, 0.1) is 11.8 Å². The Hall–Kier alpha value is -1.02. The molecule has 1 unspecified atom stereocenters. The van der Waals surface area contributed by atoms with E-state index in [0.717, 1.165) is 36.9 Å². The summed E-state index contributed by atoms with van der Waals surface area (Å²) in [5.74, 6) is 1.57. The second-order valence-corrected chi connectivity index (χ2v) is 6.16. The third-order valence-corrected chi connectivity index (χ3v) is 4.47. The lowest BCUT2D eigenvalue weighted by Gasteiger charge is -2.24. The monoisotopic (exact) mass is 279 g/mol. The van der Waals surface area contributed by atoms with Gasteiger partial charge in [-0.25, -0.2) is 0 Å². The van der Waals surface area contributed by atoms with E-state index in [0.29, 0.717) is 10.6 Å². The molecule has 0 saturated carbocycles. The number of rotatable bonds is 3. The van der Waals surface area contributed by atoms with Crippen LogP contribution in [0.2, 0.25) is 5.02 Å². The van der Waals surface area contributed by atoms with E-state index in [1.54, 1.807) is 6.07 Å². The summed E-state index contributed by atoms with van der Waals surface area (Å²) in [6, 6.07) is 5.58. The molecule has 0 bridgehead atoms. The summed E-state index contributed by atoms with van der Waals surface area (Å²) in [6.45, 7) is 6.74. The molecule has 2 nitrogen and oxygen atoms in total. The quantitative estimate of drug-likeness (QED) is 0.764. The third kappa shape index (κ3) is 3.50. The van der Waals surface area contributed by atoms with Gasteiger partial charge in [-0.3, -0.25) is 4.79 Å². The Morgan fingerprint density at radius 2 is 2.11 bits per heavy atom. The second-order valence-electron chi connectivity index (χ2n) is 5.75. The zero-order chi connectivity index (χ0) is 13.8. The topological polar surface area (TPSA) is 20.3 Å². The van der Waals surface area contributed by atoms with Gasteiger partial charge in [-0.15, -0.1) is 0 Å². The standard InChI is InChI=1S/C16H22ClNO/c1-12(2)14-4-3-8-18(9-7-14)16-6-5-13(11-19)10-15(16)17/h5-6,10-12,14H,3-4,7-9H2,1-2H3. The number of benzene rings is 1. The van der Waals surface area contributed by atoms with Crippen molar-refractivity contribution in [3.63, 3.8) is 0 Å². The fourth-order valence-electron chi connectivity index (χ4n) is 2.88. The zero-order valence-corrected chi connectivity index (χ0v) is 12.5. The Morgan fingerprint density at radius 3 is 2.74 bits per heavy atom. The maximum atomic E-state index is 10.7. The lowest BCUT2D eigenvalue weighted by atomic mass is 9.89. The number of anilines is 1. The van der Waals surface area contributed by atoms with Crippen LogP contribution in [-0.2, 0) is 0 Å². The number of aldehydes is 1. The first kappa shape index (κ1) is 14.4. The average molecular weight is 280 g/mol. The van der Waals surface area contributed by atoms with E-state index in [-0.39, 0.29) is 0 Å². The molecule has 3 heteroatoms. The summed E-state index contributed by atoms with van der Waals surface area (Å²) in [7, 11) is 0. The van der Waals surface area contributed by atoms with Gasteiger partial charge in [0.05, 0.1) is 10.7 Å². The van der Waals surface area contributed by atoms with Gasteiger partial charge in [-0.1, -0.05) is 25.4 Å². The van der Waals surface area contributed by atoms with Crippen LogP contribution in [0.3, 0.4) is 0 Å². The highest BCUT2D eigenvalue weighted by atomic mass is 35.5. The van der Waals surface area contributed by atoms with Crippen molar-refractivity contribution in [2.75, 3.05) is 18.0 Å². The summed E-state index contributed by atoms with van der Waals surface area (Å²) in [6.07, 6.45) is 4.59. The summed E-state index contributed by atoms with van der Waals surface area (Å²) in [5.41, 5.74) is 1.71. The van der Waals surface area contributed by atoms with E-state index in [4.69, 9.17) is 11.6 Å². The van der Waals surface area contributed by atoms with Crippen molar-refractivity contribution in [2.24, 2.45) is 11.8 Å². The minimum absolute atomic E-state index is 0.642. The molecule has 1 aliphatic heterocycles. The molecule has 0 aliphatic carbocycles. The van der Waals surface area contributed by atoms with Crippen LogP contribution in [-0.4, -0.2) is 19.4 Å². The van der Waals surface area contributed by atoms with Gasteiger partial charge in [-0.05, 0) is 49.3 Å². The number of carbonyl (C=O) groups excluding carboxylic acids is 1. The fourth-order valence-corrected chi connectivity index (χ4v) is 3.19. The van der Waals surface area contributed by atoms with Crippen molar-refractivity contribution < 1.29 is 4.79 Å². The van der Waals surface area contributed by atoms with Crippen LogP contribution in [0.5, 0.6) is 0 Å². The molecule has 104 valence electrons. The summed E-state index contributed by atoms with van der Waals surface area (Å²) >= 11 is 6.29. The highest BCUT2D eigenvalue weighted by molar-refractivity contribution is 6.33. The van der Waals surface area contributed by atoms with E-state index >= 15 is 0 Å². The molecule has 1 atom stereocenters. The Kier molecular flexibility index (Phi) is 4.87. The summed E-state index contributed by atoms with van der Waals surface area (Å²) in [4.78, 5) is 13.1. The van der Waals surface area contributed by atoms with Gasteiger partial charge in [0, 0.05) is 18.7 Å². The summed E-state index contributed by atoms with van der Waals surface area (Å²) < 4.78 is 0. The van der Waals surface area contributed by atoms with E-state index in [2.05, 4.69) is 18.7 Å². The first-order valence-corrected chi connectivity index (χ1v) is 7.49. The molecule has 1 saturated heterocycles. The second kappa shape index (κ2) is 6.42. The van der Waals surface area contributed by atoms with E-state index in [1.807, 2.05) is 12.1 Å². The van der Waals surface area contributed by atoms with Crippen molar-refractivity contribution in [3.8, 4) is 0 Å². The van der Waals surface area contributed by atoms with E-state index in [1.165, 1.54) is 19.3 Å². The fraction of sp³-hybridized carbons (Fsp3) is 0.562. The predicted molar refractivity (Wildman–Crippen MR) is 81.2 cm³/mol. The molecule has 1 aromatic rings. The van der Waals surface area contributed by atoms with Crippen LogP contribution < -0.4 is 4.90 Å². The molecule has 0 amide bonds. The largest absolute Gasteiger partial charge is 0.370 e. The van der Waals surface area contributed by atoms with Crippen LogP contribution >= 0.6 is 11.6 Å². The lowest BCUT2D eigenvalue weighted by molar-refractivity contribution is 0.112. The molecule has 19 heavy (non-hydrogen) atoms. The number of carbonyl (C=O) groups is 1. The Bertz CT molecular complexity index is 444. The molecule has 2 rings (SSSR count). The summed E-state index contributed by atoms with van der Waals surface area (Å²) in [5, 5.41) is 0.688. The molecule has 0 aromatic heterocycles. The minimum Gasteiger partial charge on any atom is -0.370 e. The highest BCUT2D eigenvalue weighted by Crippen LogP contribution is 2.31. The Morgan fingerprint density at radius 1 is 1.32 bits per heavy atom.